The second kappa shape index (κ2) is 6.03. The molecule has 22 heavy (non-hydrogen) atoms. The highest BCUT2D eigenvalue weighted by Gasteiger charge is 2.18. The summed E-state index contributed by atoms with van der Waals surface area (Å²) in [4.78, 5) is 14.4. The molecule has 0 spiro atoms. The topological polar surface area (TPSA) is 57.0 Å². The fourth-order valence-electron chi connectivity index (χ4n) is 1.91. The highest BCUT2D eigenvalue weighted by molar-refractivity contribution is 7.80. The lowest BCUT2D eigenvalue weighted by atomic mass is 10.3. The highest BCUT2D eigenvalue weighted by atomic mass is 32.1. The number of esters is 1. The minimum Gasteiger partial charge on any atom is -0.422 e. The van der Waals surface area contributed by atoms with E-state index in [0.29, 0.717) is 11.4 Å². The molecule has 3 aromatic rings. The van der Waals surface area contributed by atoms with E-state index in [9.17, 15) is 4.79 Å². The zero-order valence-corrected chi connectivity index (χ0v) is 12.7. The lowest BCUT2D eigenvalue weighted by molar-refractivity contribution is 0.0727. The summed E-state index contributed by atoms with van der Waals surface area (Å²) in [5.74, 6) is -0.0944. The van der Waals surface area contributed by atoms with Gasteiger partial charge in [-0.2, -0.15) is 9.90 Å². The third-order valence-corrected chi connectivity index (χ3v) is 3.31. The van der Waals surface area contributed by atoms with Crippen molar-refractivity contribution in [2.24, 2.45) is 0 Å². The van der Waals surface area contributed by atoms with Crippen LogP contribution < -0.4 is 4.74 Å². The average Bonchev–Trinajstić information content (AvgIpc) is 2.92. The number of hydrogen-bond acceptors (Lipinski definition) is 5. The normalized spacial score (nSPS) is 10.5. The Morgan fingerprint density at radius 1 is 1.05 bits per heavy atom. The molecular formula is C16H13N3O2S. The van der Waals surface area contributed by atoms with Crippen LogP contribution >= 0.6 is 12.6 Å². The van der Waals surface area contributed by atoms with Crippen molar-refractivity contribution in [3.05, 3.63) is 66.0 Å². The molecule has 2 aromatic carbocycles. The number of para-hydroxylation sites is 1. The van der Waals surface area contributed by atoms with Crippen LogP contribution in [0.5, 0.6) is 5.75 Å². The summed E-state index contributed by atoms with van der Waals surface area (Å²) in [7, 11) is 0. The van der Waals surface area contributed by atoms with E-state index in [-0.39, 0.29) is 5.69 Å². The maximum Gasteiger partial charge on any atom is 0.366 e. The van der Waals surface area contributed by atoms with E-state index in [2.05, 4.69) is 22.8 Å². The van der Waals surface area contributed by atoms with Crippen molar-refractivity contribution in [2.45, 2.75) is 11.8 Å². The van der Waals surface area contributed by atoms with Crippen LogP contribution in [0.3, 0.4) is 0 Å². The van der Waals surface area contributed by atoms with Gasteiger partial charge in [-0.15, -0.1) is 17.7 Å². The molecule has 1 heterocycles. The molecule has 110 valence electrons. The number of carbonyl (C=O) groups excluding carboxylic acids is 1. The summed E-state index contributed by atoms with van der Waals surface area (Å²) < 4.78 is 5.30. The van der Waals surface area contributed by atoms with E-state index in [1.807, 2.05) is 30.3 Å². The molecule has 0 aliphatic heterocycles. The van der Waals surface area contributed by atoms with Crippen LogP contribution in [-0.4, -0.2) is 21.0 Å². The third kappa shape index (κ3) is 3.01. The summed E-state index contributed by atoms with van der Waals surface area (Å²) in [5.41, 5.74) is 1.49. The van der Waals surface area contributed by atoms with Gasteiger partial charge in [-0.3, -0.25) is 0 Å². The molecule has 0 saturated carbocycles. The van der Waals surface area contributed by atoms with E-state index >= 15 is 0 Å². The number of benzene rings is 2. The SMILES string of the molecule is Cc1nn(-c2ccccc2)nc1C(=O)Oc1ccc(S)cc1. The summed E-state index contributed by atoms with van der Waals surface area (Å²) >= 11 is 4.19. The maximum atomic E-state index is 12.2. The van der Waals surface area contributed by atoms with Crippen molar-refractivity contribution in [1.29, 1.82) is 0 Å². The molecule has 0 amide bonds. The predicted molar refractivity (Wildman–Crippen MR) is 84.7 cm³/mol. The average molecular weight is 311 g/mol. The fourth-order valence-corrected chi connectivity index (χ4v) is 2.06. The third-order valence-electron chi connectivity index (χ3n) is 3.01. The molecule has 0 bridgehead atoms. The first-order chi connectivity index (χ1) is 10.6. The molecule has 1 aromatic heterocycles. The Morgan fingerprint density at radius 2 is 1.73 bits per heavy atom. The minimum absolute atomic E-state index is 0.193. The molecule has 0 saturated heterocycles. The number of rotatable bonds is 3. The zero-order valence-electron chi connectivity index (χ0n) is 11.8. The summed E-state index contributed by atoms with van der Waals surface area (Å²) in [6.07, 6.45) is 0. The van der Waals surface area contributed by atoms with Gasteiger partial charge in [-0.1, -0.05) is 18.2 Å². The molecule has 6 heteroatoms. The van der Waals surface area contributed by atoms with E-state index < -0.39 is 5.97 Å². The highest BCUT2D eigenvalue weighted by Crippen LogP contribution is 2.16. The Hall–Kier alpha value is -2.60. The number of ether oxygens (including phenoxy) is 1. The quantitative estimate of drug-likeness (QED) is 0.459. The number of thiol groups is 1. The molecule has 0 radical (unpaired) electrons. The van der Waals surface area contributed by atoms with Gasteiger partial charge in [0.25, 0.3) is 0 Å². The van der Waals surface area contributed by atoms with Gasteiger partial charge in [0.2, 0.25) is 0 Å². The second-order valence-corrected chi connectivity index (χ2v) is 5.16. The Morgan fingerprint density at radius 3 is 2.41 bits per heavy atom. The molecule has 0 atom stereocenters. The first-order valence-electron chi connectivity index (χ1n) is 6.64. The van der Waals surface area contributed by atoms with Crippen LogP contribution in [0.4, 0.5) is 0 Å². The number of hydrogen-bond donors (Lipinski definition) is 1. The van der Waals surface area contributed by atoms with Crippen LogP contribution in [0.1, 0.15) is 16.2 Å². The Balaban J connectivity index is 1.84. The molecule has 0 fully saturated rings. The molecule has 0 unspecified atom stereocenters. The van der Waals surface area contributed by atoms with E-state index in [1.54, 1.807) is 31.2 Å². The standard InChI is InChI=1S/C16H13N3O2S/c1-11-15(16(20)21-13-7-9-14(22)10-8-13)18-19(17-11)12-5-3-2-4-6-12/h2-10,22H,1H3. The number of aromatic nitrogens is 3. The van der Waals surface area contributed by atoms with E-state index in [4.69, 9.17) is 4.74 Å². The number of carbonyl (C=O) groups is 1. The monoisotopic (exact) mass is 311 g/mol. The van der Waals surface area contributed by atoms with Crippen LogP contribution in [0.25, 0.3) is 5.69 Å². The van der Waals surface area contributed by atoms with Gasteiger partial charge in [0.1, 0.15) is 5.75 Å². The second-order valence-electron chi connectivity index (χ2n) is 4.64. The Labute approximate surface area is 133 Å². The van der Waals surface area contributed by atoms with Gasteiger partial charge in [0.05, 0.1) is 11.4 Å². The molecule has 3 rings (SSSR count). The van der Waals surface area contributed by atoms with Gasteiger partial charge < -0.3 is 4.74 Å². The van der Waals surface area contributed by atoms with Crippen molar-refractivity contribution in [3.8, 4) is 11.4 Å². The van der Waals surface area contributed by atoms with Crippen molar-refractivity contribution in [1.82, 2.24) is 15.0 Å². The Kier molecular flexibility index (Phi) is 3.93. The Bertz CT molecular complexity index is 798. The predicted octanol–water partition coefficient (Wildman–Crippen LogP) is 3.08. The van der Waals surface area contributed by atoms with Crippen molar-refractivity contribution in [3.63, 3.8) is 0 Å². The summed E-state index contributed by atoms with van der Waals surface area (Å²) in [5, 5.41) is 8.46. The van der Waals surface area contributed by atoms with Crippen LogP contribution in [-0.2, 0) is 0 Å². The molecule has 0 aliphatic rings. The van der Waals surface area contributed by atoms with Crippen molar-refractivity contribution in [2.75, 3.05) is 0 Å². The number of aryl methyl sites for hydroxylation is 1. The van der Waals surface area contributed by atoms with Gasteiger partial charge in [-0.05, 0) is 43.3 Å². The smallest absolute Gasteiger partial charge is 0.366 e. The fraction of sp³-hybridized carbons (Fsp3) is 0.0625. The maximum absolute atomic E-state index is 12.2. The largest absolute Gasteiger partial charge is 0.422 e. The van der Waals surface area contributed by atoms with Crippen LogP contribution in [0.15, 0.2) is 59.5 Å². The van der Waals surface area contributed by atoms with E-state index in [0.717, 1.165) is 10.6 Å². The molecule has 0 aliphatic carbocycles. The van der Waals surface area contributed by atoms with E-state index in [1.165, 1.54) is 4.80 Å². The first kappa shape index (κ1) is 14.3. The summed E-state index contributed by atoms with van der Waals surface area (Å²) in [6, 6.07) is 16.2. The van der Waals surface area contributed by atoms with Crippen molar-refractivity contribution >= 4 is 18.6 Å². The van der Waals surface area contributed by atoms with Gasteiger partial charge in [0, 0.05) is 4.90 Å². The first-order valence-corrected chi connectivity index (χ1v) is 7.09. The van der Waals surface area contributed by atoms with Crippen LogP contribution in [0.2, 0.25) is 0 Å². The molecule has 0 N–H and O–H groups in total. The zero-order chi connectivity index (χ0) is 15.5. The van der Waals surface area contributed by atoms with Gasteiger partial charge in [-0.25, -0.2) is 4.79 Å². The molecule has 5 nitrogen and oxygen atoms in total. The lowest BCUT2D eigenvalue weighted by Gasteiger charge is -2.02. The van der Waals surface area contributed by atoms with Crippen LogP contribution in [0, 0.1) is 6.92 Å². The molecular weight excluding hydrogens is 298 g/mol. The minimum atomic E-state index is -0.536. The summed E-state index contributed by atoms with van der Waals surface area (Å²) in [6.45, 7) is 1.72. The van der Waals surface area contributed by atoms with Gasteiger partial charge in [0.15, 0.2) is 5.69 Å². The number of nitrogens with zero attached hydrogens (tertiary/aromatic N) is 3. The lowest BCUT2D eigenvalue weighted by Crippen LogP contribution is -2.11. The van der Waals surface area contributed by atoms with Gasteiger partial charge >= 0.3 is 5.97 Å². The van der Waals surface area contributed by atoms with Crippen molar-refractivity contribution < 1.29 is 9.53 Å².